The molecule has 1 amide bonds. The predicted octanol–water partition coefficient (Wildman–Crippen LogP) is 1.19. The SMILES string of the molecule is NC(=O)C1CCCN1c1cccc(F)c1[N+](=O)[O-]. The van der Waals surface area contributed by atoms with E-state index in [1.165, 1.54) is 17.0 Å². The fourth-order valence-corrected chi connectivity index (χ4v) is 2.27. The molecule has 0 radical (unpaired) electrons. The molecule has 1 saturated heterocycles. The van der Waals surface area contributed by atoms with Gasteiger partial charge in [-0.3, -0.25) is 14.9 Å². The summed E-state index contributed by atoms with van der Waals surface area (Å²) in [6, 6.07) is 3.23. The normalized spacial score (nSPS) is 18.9. The Morgan fingerprint density at radius 1 is 1.56 bits per heavy atom. The standard InChI is InChI=1S/C11H12FN3O3/c12-7-3-1-4-8(10(7)15(17)18)14-6-2-5-9(14)11(13)16/h1,3-4,9H,2,5-6H2,(H2,13,16). The maximum Gasteiger partial charge on any atom is 0.327 e. The molecule has 1 aliphatic heterocycles. The predicted molar refractivity (Wildman–Crippen MR) is 62.6 cm³/mol. The topological polar surface area (TPSA) is 89.5 Å². The number of hydrogen-bond donors (Lipinski definition) is 1. The molecule has 1 atom stereocenters. The number of hydrogen-bond acceptors (Lipinski definition) is 4. The summed E-state index contributed by atoms with van der Waals surface area (Å²) in [5, 5.41) is 10.9. The highest BCUT2D eigenvalue weighted by atomic mass is 19.1. The number of benzene rings is 1. The third kappa shape index (κ3) is 1.99. The molecule has 0 saturated carbocycles. The van der Waals surface area contributed by atoms with E-state index in [9.17, 15) is 19.3 Å². The van der Waals surface area contributed by atoms with E-state index in [4.69, 9.17) is 5.73 Å². The van der Waals surface area contributed by atoms with Crippen molar-refractivity contribution in [1.29, 1.82) is 0 Å². The first kappa shape index (κ1) is 12.3. The van der Waals surface area contributed by atoms with Gasteiger partial charge in [-0.15, -0.1) is 0 Å². The number of nitro benzene ring substituents is 1. The molecule has 0 aromatic heterocycles. The van der Waals surface area contributed by atoms with Gasteiger partial charge in [0.05, 0.1) is 4.92 Å². The van der Waals surface area contributed by atoms with Crippen LogP contribution in [0.1, 0.15) is 12.8 Å². The van der Waals surface area contributed by atoms with E-state index in [0.717, 1.165) is 6.07 Å². The van der Waals surface area contributed by atoms with Crippen LogP contribution in [-0.4, -0.2) is 23.4 Å². The highest BCUT2D eigenvalue weighted by Gasteiger charge is 2.34. The molecule has 1 aromatic carbocycles. The summed E-state index contributed by atoms with van der Waals surface area (Å²) < 4.78 is 13.5. The van der Waals surface area contributed by atoms with Gasteiger partial charge < -0.3 is 10.6 Å². The first-order valence-electron chi connectivity index (χ1n) is 5.51. The van der Waals surface area contributed by atoms with E-state index in [0.29, 0.717) is 19.4 Å². The first-order valence-corrected chi connectivity index (χ1v) is 5.51. The average molecular weight is 253 g/mol. The molecule has 96 valence electrons. The van der Waals surface area contributed by atoms with E-state index in [2.05, 4.69) is 0 Å². The van der Waals surface area contributed by atoms with E-state index in [-0.39, 0.29) is 5.69 Å². The number of rotatable bonds is 3. The van der Waals surface area contributed by atoms with Crippen molar-refractivity contribution < 1.29 is 14.1 Å². The average Bonchev–Trinajstić information content (AvgIpc) is 2.76. The van der Waals surface area contributed by atoms with Gasteiger partial charge in [0.15, 0.2) is 0 Å². The van der Waals surface area contributed by atoms with Gasteiger partial charge in [0, 0.05) is 6.54 Å². The lowest BCUT2D eigenvalue weighted by Crippen LogP contribution is -2.40. The minimum absolute atomic E-state index is 0.112. The molecule has 1 fully saturated rings. The Labute approximate surface area is 102 Å². The Hall–Kier alpha value is -2.18. The number of anilines is 1. The summed E-state index contributed by atoms with van der Waals surface area (Å²) in [7, 11) is 0. The van der Waals surface area contributed by atoms with E-state index in [1.807, 2.05) is 0 Å². The molecule has 2 N–H and O–H groups in total. The van der Waals surface area contributed by atoms with E-state index < -0.39 is 28.4 Å². The van der Waals surface area contributed by atoms with Gasteiger partial charge in [0.25, 0.3) is 0 Å². The van der Waals surface area contributed by atoms with Crippen molar-refractivity contribution in [3.8, 4) is 0 Å². The number of amides is 1. The molecule has 0 spiro atoms. The number of primary amides is 1. The van der Waals surface area contributed by atoms with Crippen LogP contribution in [0.2, 0.25) is 0 Å². The Kier molecular flexibility index (Phi) is 3.14. The zero-order valence-electron chi connectivity index (χ0n) is 9.51. The number of halogens is 1. The molecule has 2 rings (SSSR count). The van der Waals surface area contributed by atoms with E-state index in [1.54, 1.807) is 0 Å². The molecular formula is C11H12FN3O3. The third-order valence-electron chi connectivity index (χ3n) is 3.04. The molecule has 1 unspecified atom stereocenters. The second-order valence-corrected chi connectivity index (χ2v) is 4.12. The third-order valence-corrected chi connectivity index (χ3v) is 3.04. The van der Waals surface area contributed by atoms with Crippen LogP contribution in [0.3, 0.4) is 0 Å². The van der Waals surface area contributed by atoms with Crippen molar-refractivity contribution in [3.63, 3.8) is 0 Å². The molecule has 1 aromatic rings. The largest absolute Gasteiger partial charge is 0.368 e. The van der Waals surface area contributed by atoms with Crippen LogP contribution in [0.15, 0.2) is 18.2 Å². The van der Waals surface area contributed by atoms with Crippen LogP contribution in [0.4, 0.5) is 15.8 Å². The second kappa shape index (κ2) is 4.59. The minimum atomic E-state index is -0.910. The van der Waals surface area contributed by atoms with Crippen LogP contribution >= 0.6 is 0 Å². The van der Waals surface area contributed by atoms with Gasteiger partial charge in [-0.1, -0.05) is 6.07 Å². The lowest BCUT2D eigenvalue weighted by atomic mass is 10.2. The Morgan fingerprint density at radius 2 is 2.28 bits per heavy atom. The molecule has 6 nitrogen and oxygen atoms in total. The fourth-order valence-electron chi connectivity index (χ4n) is 2.27. The fraction of sp³-hybridized carbons (Fsp3) is 0.364. The van der Waals surface area contributed by atoms with Gasteiger partial charge in [0.2, 0.25) is 11.7 Å². The van der Waals surface area contributed by atoms with Crippen molar-refractivity contribution >= 4 is 17.3 Å². The van der Waals surface area contributed by atoms with Crippen LogP contribution in [0.25, 0.3) is 0 Å². The summed E-state index contributed by atoms with van der Waals surface area (Å²) in [4.78, 5) is 22.9. The van der Waals surface area contributed by atoms with Crippen molar-refractivity contribution in [1.82, 2.24) is 0 Å². The van der Waals surface area contributed by atoms with Crippen LogP contribution in [0.5, 0.6) is 0 Å². The molecular weight excluding hydrogens is 241 g/mol. The van der Waals surface area contributed by atoms with Crippen LogP contribution in [0, 0.1) is 15.9 Å². The number of nitro groups is 1. The summed E-state index contributed by atoms with van der Waals surface area (Å²) in [6.45, 7) is 0.456. The monoisotopic (exact) mass is 253 g/mol. The lowest BCUT2D eigenvalue weighted by molar-refractivity contribution is -0.386. The van der Waals surface area contributed by atoms with Crippen LogP contribution in [-0.2, 0) is 4.79 Å². The quantitative estimate of drug-likeness (QED) is 0.647. The number of nitrogens with zero attached hydrogens (tertiary/aromatic N) is 2. The molecule has 18 heavy (non-hydrogen) atoms. The summed E-state index contributed by atoms with van der Waals surface area (Å²) in [5.41, 5.74) is 4.75. The highest BCUT2D eigenvalue weighted by molar-refractivity contribution is 5.85. The van der Waals surface area contributed by atoms with Gasteiger partial charge in [-0.2, -0.15) is 4.39 Å². The zero-order valence-corrected chi connectivity index (χ0v) is 9.51. The lowest BCUT2D eigenvalue weighted by Gasteiger charge is -2.23. The van der Waals surface area contributed by atoms with Crippen molar-refractivity contribution in [2.24, 2.45) is 5.73 Å². The smallest absolute Gasteiger partial charge is 0.327 e. The van der Waals surface area contributed by atoms with Crippen molar-refractivity contribution in [3.05, 3.63) is 34.1 Å². The summed E-state index contributed by atoms with van der Waals surface area (Å²) >= 11 is 0. The first-order chi connectivity index (χ1) is 8.52. The maximum atomic E-state index is 13.5. The number of carbonyl (C=O) groups is 1. The molecule has 0 bridgehead atoms. The number of para-hydroxylation sites is 1. The number of carbonyl (C=O) groups excluding carboxylic acids is 1. The summed E-state index contributed by atoms with van der Waals surface area (Å²) in [5.74, 6) is -1.46. The minimum Gasteiger partial charge on any atom is -0.368 e. The zero-order chi connectivity index (χ0) is 13.3. The van der Waals surface area contributed by atoms with Crippen molar-refractivity contribution in [2.45, 2.75) is 18.9 Å². The molecule has 1 heterocycles. The van der Waals surface area contributed by atoms with Crippen molar-refractivity contribution in [2.75, 3.05) is 11.4 Å². The summed E-state index contributed by atoms with van der Waals surface area (Å²) in [6.07, 6.45) is 1.23. The van der Waals surface area contributed by atoms with Gasteiger partial charge >= 0.3 is 5.69 Å². The Bertz CT molecular complexity index is 506. The second-order valence-electron chi connectivity index (χ2n) is 4.12. The number of nitrogens with two attached hydrogens (primary N) is 1. The van der Waals surface area contributed by atoms with Gasteiger partial charge in [-0.05, 0) is 25.0 Å². The van der Waals surface area contributed by atoms with E-state index >= 15 is 0 Å². The van der Waals surface area contributed by atoms with Gasteiger partial charge in [0.1, 0.15) is 11.7 Å². The maximum absolute atomic E-state index is 13.5. The highest BCUT2D eigenvalue weighted by Crippen LogP contribution is 2.35. The molecule has 0 aliphatic carbocycles. The Morgan fingerprint density at radius 3 is 2.89 bits per heavy atom. The Balaban J connectivity index is 2.48. The molecule has 7 heteroatoms. The van der Waals surface area contributed by atoms with Crippen LogP contribution < -0.4 is 10.6 Å². The van der Waals surface area contributed by atoms with Gasteiger partial charge in [-0.25, -0.2) is 0 Å². The molecule has 1 aliphatic rings.